The SMILES string of the molecule is CN(C)CC(=O)c1cc[n+](CC(=O)c2cccc([N+](=O)[O-])c2)cc1. The van der Waals surface area contributed by atoms with Crippen molar-refractivity contribution in [1.29, 1.82) is 0 Å². The van der Waals surface area contributed by atoms with Gasteiger partial charge in [0.1, 0.15) is 0 Å². The fourth-order valence-electron chi connectivity index (χ4n) is 2.18. The Morgan fingerprint density at radius 2 is 1.75 bits per heavy atom. The van der Waals surface area contributed by atoms with Crippen molar-refractivity contribution in [2.24, 2.45) is 0 Å². The third kappa shape index (κ3) is 4.53. The summed E-state index contributed by atoms with van der Waals surface area (Å²) in [5.74, 6) is -0.242. The number of rotatable bonds is 7. The maximum atomic E-state index is 12.2. The molecular weight excluding hydrogens is 310 g/mol. The molecule has 0 atom stereocenters. The molecule has 0 N–H and O–H groups in total. The number of hydrogen-bond acceptors (Lipinski definition) is 5. The molecule has 0 fully saturated rings. The monoisotopic (exact) mass is 328 g/mol. The van der Waals surface area contributed by atoms with Crippen molar-refractivity contribution in [3.05, 3.63) is 70.0 Å². The lowest BCUT2D eigenvalue weighted by atomic mass is 10.1. The average molecular weight is 328 g/mol. The first-order valence-electron chi connectivity index (χ1n) is 7.31. The summed E-state index contributed by atoms with van der Waals surface area (Å²) in [4.78, 5) is 36.2. The molecule has 24 heavy (non-hydrogen) atoms. The molecule has 0 amide bonds. The lowest BCUT2D eigenvalue weighted by Gasteiger charge is -2.07. The Balaban J connectivity index is 2.08. The van der Waals surface area contributed by atoms with Gasteiger partial charge >= 0.3 is 0 Å². The normalized spacial score (nSPS) is 10.6. The van der Waals surface area contributed by atoms with Gasteiger partial charge in [-0.1, -0.05) is 12.1 Å². The minimum absolute atomic E-state index is 0.00263. The standard InChI is InChI=1S/C17H18N3O4/c1-18(2)11-16(21)13-6-8-19(9-7-13)12-17(22)14-4-3-5-15(10-14)20(23)24/h3-10H,11-12H2,1-2H3/q+1. The predicted octanol–water partition coefficient (Wildman–Crippen LogP) is 1.51. The van der Waals surface area contributed by atoms with E-state index in [1.165, 1.54) is 18.2 Å². The van der Waals surface area contributed by atoms with Crippen LogP contribution in [0, 0.1) is 10.1 Å². The van der Waals surface area contributed by atoms with E-state index in [2.05, 4.69) is 0 Å². The van der Waals surface area contributed by atoms with Gasteiger partial charge in [-0.25, -0.2) is 0 Å². The second-order valence-corrected chi connectivity index (χ2v) is 5.65. The minimum Gasteiger partial charge on any atom is -0.302 e. The molecule has 1 aromatic heterocycles. The van der Waals surface area contributed by atoms with Gasteiger partial charge in [0.25, 0.3) is 5.69 Å². The number of Topliss-reactive ketones (excluding diaryl/α,β-unsaturated/α-hetero) is 2. The zero-order valence-electron chi connectivity index (χ0n) is 13.5. The first kappa shape index (κ1) is 17.4. The van der Waals surface area contributed by atoms with Gasteiger partial charge in [0, 0.05) is 35.4 Å². The molecule has 124 valence electrons. The minimum atomic E-state index is -0.533. The van der Waals surface area contributed by atoms with Crippen molar-refractivity contribution in [2.45, 2.75) is 6.54 Å². The number of ketones is 2. The lowest BCUT2D eigenvalue weighted by Crippen LogP contribution is -2.37. The number of carbonyl (C=O) groups excluding carboxylic acids is 2. The van der Waals surface area contributed by atoms with Crippen molar-refractivity contribution in [1.82, 2.24) is 4.90 Å². The third-order valence-corrected chi connectivity index (χ3v) is 3.38. The van der Waals surface area contributed by atoms with Crippen LogP contribution in [0.4, 0.5) is 5.69 Å². The van der Waals surface area contributed by atoms with Gasteiger partial charge in [0.2, 0.25) is 12.3 Å². The van der Waals surface area contributed by atoms with Gasteiger partial charge in [0.15, 0.2) is 18.2 Å². The largest absolute Gasteiger partial charge is 0.302 e. The van der Waals surface area contributed by atoms with Crippen LogP contribution in [0.2, 0.25) is 0 Å². The van der Waals surface area contributed by atoms with E-state index < -0.39 is 4.92 Å². The maximum absolute atomic E-state index is 12.2. The van der Waals surface area contributed by atoms with Crippen LogP contribution in [0.25, 0.3) is 0 Å². The summed E-state index contributed by atoms with van der Waals surface area (Å²) in [7, 11) is 3.64. The van der Waals surface area contributed by atoms with E-state index in [0.717, 1.165) is 0 Å². The number of pyridine rings is 1. The van der Waals surface area contributed by atoms with Crippen LogP contribution in [0.3, 0.4) is 0 Å². The average Bonchev–Trinajstić information content (AvgIpc) is 2.55. The summed E-state index contributed by atoms with van der Waals surface area (Å²) >= 11 is 0. The fourth-order valence-corrected chi connectivity index (χ4v) is 2.18. The smallest absolute Gasteiger partial charge is 0.270 e. The molecule has 0 unspecified atom stereocenters. The zero-order chi connectivity index (χ0) is 17.7. The molecule has 0 saturated carbocycles. The van der Waals surface area contributed by atoms with Gasteiger partial charge < -0.3 is 4.90 Å². The topological polar surface area (TPSA) is 84.4 Å². The number of likely N-dealkylation sites (N-methyl/N-ethyl adjacent to an activating group) is 1. The summed E-state index contributed by atoms with van der Waals surface area (Å²) in [5.41, 5.74) is 0.739. The highest BCUT2D eigenvalue weighted by atomic mass is 16.6. The quantitative estimate of drug-likeness (QED) is 0.333. The summed E-state index contributed by atoms with van der Waals surface area (Å²) in [6.07, 6.45) is 3.30. The van der Waals surface area contributed by atoms with E-state index in [1.54, 1.807) is 40.1 Å². The molecule has 1 aromatic carbocycles. The molecule has 0 bridgehead atoms. The molecule has 2 rings (SSSR count). The van der Waals surface area contributed by atoms with Crippen LogP contribution in [0.5, 0.6) is 0 Å². The molecule has 0 aliphatic rings. The predicted molar refractivity (Wildman–Crippen MR) is 86.9 cm³/mol. The van der Waals surface area contributed by atoms with Crippen LogP contribution in [0.15, 0.2) is 48.8 Å². The van der Waals surface area contributed by atoms with Crippen molar-refractivity contribution in [2.75, 3.05) is 20.6 Å². The van der Waals surface area contributed by atoms with Crippen molar-refractivity contribution in [3.63, 3.8) is 0 Å². The van der Waals surface area contributed by atoms with Crippen LogP contribution in [-0.4, -0.2) is 42.0 Å². The Hall–Kier alpha value is -2.93. The van der Waals surface area contributed by atoms with Crippen LogP contribution in [-0.2, 0) is 6.54 Å². The van der Waals surface area contributed by atoms with Crippen LogP contribution in [0.1, 0.15) is 20.7 Å². The Morgan fingerprint density at radius 3 is 2.33 bits per heavy atom. The van der Waals surface area contributed by atoms with Crippen molar-refractivity contribution < 1.29 is 19.1 Å². The van der Waals surface area contributed by atoms with Crippen LogP contribution >= 0.6 is 0 Å². The summed E-state index contributed by atoms with van der Waals surface area (Å²) in [5, 5.41) is 10.8. The third-order valence-electron chi connectivity index (χ3n) is 3.38. The van der Waals surface area contributed by atoms with Gasteiger partial charge in [-0.3, -0.25) is 19.7 Å². The molecular formula is C17H18N3O4+. The van der Waals surface area contributed by atoms with Crippen molar-refractivity contribution in [3.8, 4) is 0 Å². The first-order chi connectivity index (χ1) is 11.4. The first-order valence-corrected chi connectivity index (χ1v) is 7.31. The molecule has 0 aliphatic heterocycles. The maximum Gasteiger partial charge on any atom is 0.270 e. The van der Waals surface area contributed by atoms with Gasteiger partial charge in [-0.15, -0.1) is 0 Å². The van der Waals surface area contributed by atoms with Crippen molar-refractivity contribution >= 4 is 17.3 Å². The Kier molecular flexibility index (Phi) is 5.49. The fraction of sp³-hybridized carbons (Fsp3) is 0.235. The molecule has 2 aromatic rings. The number of carbonyl (C=O) groups is 2. The second kappa shape index (κ2) is 7.56. The molecule has 7 heteroatoms. The highest BCUT2D eigenvalue weighted by molar-refractivity contribution is 5.97. The number of nitro groups is 1. The molecule has 0 aliphatic carbocycles. The van der Waals surface area contributed by atoms with E-state index in [0.29, 0.717) is 12.1 Å². The number of aromatic nitrogens is 1. The second-order valence-electron chi connectivity index (χ2n) is 5.65. The lowest BCUT2D eigenvalue weighted by molar-refractivity contribution is -0.683. The highest BCUT2D eigenvalue weighted by Gasteiger charge is 2.16. The van der Waals surface area contributed by atoms with E-state index in [-0.39, 0.29) is 29.4 Å². The van der Waals surface area contributed by atoms with E-state index in [9.17, 15) is 19.7 Å². The zero-order valence-corrected chi connectivity index (χ0v) is 13.5. The van der Waals surface area contributed by atoms with E-state index in [4.69, 9.17) is 0 Å². The van der Waals surface area contributed by atoms with Gasteiger partial charge in [-0.05, 0) is 14.1 Å². The Bertz CT molecular complexity index is 770. The number of hydrogen-bond donors (Lipinski definition) is 0. The Morgan fingerprint density at radius 1 is 1.08 bits per heavy atom. The molecule has 0 saturated heterocycles. The number of non-ortho nitro benzene ring substituents is 1. The van der Waals surface area contributed by atoms with Gasteiger partial charge in [0.05, 0.1) is 11.5 Å². The molecule has 1 heterocycles. The number of nitrogens with zero attached hydrogens (tertiary/aromatic N) is 3. The highest BCUT2D eigenvalue weighted by Crippen LogP contribution is 2.13. The number of nitro benzene ring substituents is 1. The van der Waals surface area contributed by atoms with E-state index >= 15 is 0 Å². The Labute approximate surface area is 139 Å². The summed E-state index contributed by atoms with van der Waals surface area (Å²) in [6.45, 7) is 0.361. The number of benzene rings is 1. The summed E-state index contributed by atoms with van der Waals surface area (Å²) in [6, 6.07) is 8.95. The molecule has 7 nitrogen and oxygen atoms in total. The molecule has 0 spiro atoms. The van der Waals surface area contributed by atoms with E-state index in [1.807, 2.05) is 14.1 Å². The van der Waals surface area contributed by atoms with Crippen LogP contribution < -0.4 is 4.57 Å². The molecule has 0 radical (unpaired) electrons. The summed E-state index contributed by atoms with van der Waals surface area (Å²) < 4.78 is 1.63. The van der Waals surface area contributed by atoms with Gasteiger partial charge in [-0.2, -0.15) is 4.57 Å².